The zero-order valence-corrected chi connectivity index (χ0v) is 9.24. The molecule has 1 rings (SSSR count). The van der Waals surface area contributed by atoms with Gasteiger partial charge < -0.3 is 14.6 Å². The molecular weight excluding hydrogens is 274 g/mol. The molecule has 3 nitrogen and oxygen atoms in total. The van der Waals surface area contributed by atoms with Crippen molar-refractivity contribution < 1.29 is 31.1 Å². The largest absolute Gasteiger partial charge is 2.00 e. The Morgan fingerprint density at radius 1 is 1.43 bits per heavy atom. The molecule has 0 saturated carbocycles. The van der Waals surface area contributed by atoms with E-state index >= 15 is 0 Å². The number of hydrogen-bond donors (Lipinski definition) is 0. The van der Waals surface area contributed by atoms with Gasteiger partial charge in [0.15, 0.2) is 0 Å². The van der Waals surface area contributed by atoms with Crippen LogP contribution in [0.5, 0.6) is 5.75 Å². The Morgan fingerprint density at radius 2 is 2.07 bits per heavy atom. The van der Waals surface area contributed by atoms with E-state index in [2.05, 4.69) is 0 Å². The van der Waals surface area contributed by atoms with Gasteiger partial charge >= 0.3 is 16.5 Å². The second-order valence-corrected chi connectivity index (χ2v) is 3.08. The van der Waals surface area contributed by atoms with E-state index in [9.17, 15) is 9.90 Å². The Hall–Kier alpha value is -0.436. The van der Waals surface area contributed by atoms with Crippen LogP contribution in [0.1, 0.15) is 0 Å². The maximum Gasteiger partial charge on any atom is 2.00 e. The van der Waals surface area contributed by atoms with Crippen molar-refractivity contribution in [3.8, 4) is 5.75 Å². The van der Waals surface area contributed by atoms with Crippen molar-refractivity contribution in [2.75, 3.05) is 6.61 Å². The molecule has 0 bridgehead atoms. The van der Waals surface area contributed by atoms with Crippen molar-refractivity contribution >= 4 is 29.2 Å². The Kier molecular flexibility index (Phi) is 5.93. The Morgan fingerprint density at radius 3 is 2.57 bits per heavy atom. The molecule has 0 N–H and O–H groups in total. The average Bonchev–Trinajstić information content (AvgIpc) is 2.02. The molecule has 0 atom stereocenters. The summed E-state index contributed by atoms with van der Waals surface area (Å²) in [4.78, 5) is 10.0. The number of carboxylic acid groups (broad SMARTS) is 1. The van der Waals surface area contributed by atoms with E-state index in [1.807, 2.05) is 0 Å². The summed E-state index contributed by atoms with van der Waals surface area (Å²) in [5, 5.41) is 10.8. The molecule has 0 fully saturated rings. The molecular formula is C8H5Cl2NiO3+. The number of carboxylic acids is 1. The van der Waals surface area contributed by atoms with Gasteiger partial charge in [0.25, 0.3) is 0 Å². The minimum atomic E-state index is -1.30. The molecule has 0 aliphatic rings. The summed E-state index contributed by atoms with van der Waals surface area (Å²) in [6.45, 7) is -0.526. The second-order valence-electron chi connectivity index (χ2n) is 2.24. The second kappa shape index (κ2) is 6.12. The van der Waals surface area contributed by atoms with E-state index in [4.69, 9.17) is 27.9 Å². The molecule has 0 spiro atoms. The van der Waals surface area contributed by atoms with E-state index < -0.39 is 12.6 Å². The van der Waals surface area contributed by atoms with Crippen molar-refractivity contribution in [2.45, 2.75) is 0 Å². The molecule has 14 heavy (non-hydrogen) atoms. The topological polar surface area (TPSA) is 49.4 Å². The predicted octanol–water partition coefficient (Wildman–Crippen LogP) is 1.12. The van der Waals surface area contributed by atoms with Crippen molar-refractivity contribution in [2.24, 2.45) is 0 Å². The van der Waals surface area contributed by atoms with Crippen LogP contribution in [0.3, 0.4) is 0 Å². The molecule has 0 aliphatic carbocycles. The third-order valence-corrected chi connectivity index (χ3v) is 1.77. The maximum absolute atomic E-state index is 10.0. The van der Waals surface area contributed by atoms with Gasteiger partial charge in [-0.15, -0.1) is 0 Å². The van der Waals surface area contributed by atoms with Crippen LogP contribution in [0.2, 0.25) is 10.0 Å². The molecule has 0 amide bonds. The molecule has 78 valence electrons. The fourth-order valence-electron chi connectivity index (χ4n) is 0.729. The van der Waals surface area contributed by atoms with Gasteiger partial charge in [0.05, 0.1) is 11.0 Å². The summed E-state index contributed by atoms with van der Waals surface area (Å²) in [6, 6.07) is 4.51. The van der Waals surface area contributed by atoms with Gasteiger partial charge in [0.1, 0.15) is 12.4 Å². The zero-order chi connectivity index (χ0) is 9.84. The number of carbonyl (C=O) groups is 1. The van der Waals surface area contributed by atoms with Crippen LogP contribution in [-0.4, -0.2) is 12.6 Å². The molecule has 1 aromatic carbocycles. The maximum atomic E-state index is 10.0. The summed E-state index contributed by atoms with van der Waals surface area (Å²) in [6.07, 6.45) is 0. The van der Waals surface area contributed by atoms with Crippen LogP contribution in [-0.2, 0) is 21.3 Å². The fourth-order valence-corrected chi connectivity index (χ4v) is 1.19. The average molecular weight is 279 g/mol. The van der Waals surface area contributed by atoms with Gasteiger partial charge in [-0.1, -0.05) is 23.2 Å². The van der Waals surface area contributed by atoms with Crippen molar-refractivity contribution in [3.05, 3.63) is 28.2 Å². The summed E-state index contributed by atoms with van der Waals surface area (Å²) >= 11 is 11.3. The first-order chi connectivity index (χ1) is 6.09. The first-order valence-corrected chi connectivity index (χ1v) is 4.13. The van der Waals surface area contributed by atoms with Crippen LogP contribution >= 0.6 is 23.2 Å². The number of carbonyl (C=O) groups excluding carboxylic acids is 1. The van der Waals surface area contributed by atoms with Crippen LogP contribution in [0.25, 0.3) is 0 Å². The quantitative estimate of drug-likeness (QED) is 0.779. The van der Waals surface area contributed by atoms with E-state index in [1.165, 1.54) is 12.1 Å². The molecule has 0 unspecified atom stereocenters. The number of halogens is 2. The van der Waals surface area contributed by atoms with Gasteiger partial charge in [0.2, 0.25) is 0 Å². The normalized spacial score (nSPS) is 9.00. The van der Waals surface area contributed by atoms with Gasteiger partial charge in [-0.05, 0) is 18.2 Å². The SMILES string of the molecule is O=C([O-])COc1ccc(Cl)cc1Cl.[Ni+2]. The molecule has 0 heterocycles. The zero-order valence-electron chi connectivity index (χ0n) is 6.74. The van der Waals surface area contributed by atoms with Gasteiger partial charge in [0, 0.05) is 5.02 Å². The van der Waals surface area contributed by atoms with Crippen molar-refractivity contribution in [3.63, 3.8) is 0 Å². The first-order valence-electron chi connectivity index (χ1n) is 3.37. The third kappa shape index (κ3) is 4.18. The Balaban J connectivity index is 0.00000169. The molecule has 0 radical (unpaired) electrons. The Labute approximate surface area is 101 Å². The van der Waals surface area contributed by atoms with E-state index in [0.717, 1.165) is 0 Å². The number of rotatable bonds is 3. The summed E-state index contributed by atoms with van der Waals surface area (Å²) in [5.74, 6) is -1.03. The number of aliphatic carboxylic acids is 1. The van der Waals surface area contributed by atoms with E-state index in [0.29, 0.717) is 5.02 Å². The molecule has 0 saturated heterocycles. The van der Waals surface area contributed by atoms with Crippen LogP contribution in [0.4, 0.5) is 0 Å². The standard InChI is InChI=1S/C8H6Cl2O3.Ni/c9-5-1-2-7(6(10)3-5)13-4-8(11)12;/h1-3H,4H2,(H,11,12);/q;+2/p-1. The number of hydrogen-bond acceptors (Lipinski definition) is 3. The van der Waals surface area contributed by atoms with Gasteiger partial charge in [-0.3, -0.25) is 0 Å². The molecule has 6 heteroatoms. The third-order valence-electron chi connectivity index (χ3n) is 1.24. The molecule has 0 aliphatic heterocycles. The summed E-state index contributed by atoms with van der Waals surface area (Å²) in [7, 11) is 0. The molecule has 1 aromatic rings. The van der Waals surface area contributed by atoms with Gasteiger partial charge in [-0.2, -0.15) is 0 Å². The van der Waals surface area contributed by atoms with E-state index in [1.54, 1.807) is 6.07 Å². The van der Waals surface area contributed by atoms with Crippen LogP contribution in [0, 0.1) is 0 Å². The fraction of sp³-hybridized carbons (Fsp3) is 0.125. The number of benzene rings is 1. The Bertz CT molecular complexity index is 330. The predicted molar refractivity (Wildman–Crippen MR) is 47.0 cm³/mol. The van der Waals surface area contributed by atoms with Gasteiger partial charge in [-0.25, -0.2) is 0 Å². The summed E-state index contributed by atoms with van der Waals surface area (Å²) < 4.78 is 4.80. The molecule has 0 aromatic heterocycles. The van der Waals surface area contributed by atoms with E-state index in [-0.39, 0.29) is 27.3 Å². The first kappa shape index (κ1) is 13.6. The van der Waals surface area contributed by atoms with Crippen LogP contribution in [0.15, 0.2) is 18.2 Å². The number of ether oxygens (including phenoxy) is 1. The van der Waals surface area contributed by atoms with Crippen LogP contribution < -0.4 is 9.84 Å². The minimum Gasteiger partial charge on any atom is -0.546 e. The summed E-state index contributed by atoms with van der Waals surface area (Å²) in [5.41, 5.74) is 0. The minimum absolute atomic E-state index is 0. The van der Waals surface area contributed by atoms with Crippen molar-refractivity contribution in [1.29, 1.82) is 0 Å². The monoisotopic (exact) mass is 277 g/mol. The van der Waals surface area contributed by atoms with Crippen molar-refractivity contribution in [1.82, 2.24) is 0 Å². The smallest absolute Gasteiger partial charge is 0.546 e.